The maximum atomic E-state index is 12.4. The summed E-state index contributed by atoms with van der Waals surface area (Å²) in [5.41, 5.74) is 5.78. The molecule has 0 aliphatic rings. The van der Waals surface area contributed by atoms with E-state index in [1.165, 1.54) is 38.5 Å². The number of unbranched alkanes of at least 4 members (excludes halogenated alkanes) is 7. The Bertz CT molecular complexity index is 479. The maximum Gasteiger partial charge on any atom is 0.303 e. The van der Waals surface area contributed by atoms with Gasteiger partial charge in [-0.3, -0.25) is 9.59 Å². The zero-order chi connectivity index (χ0) is 21.2. The molecule has 0 spiro atoms. The van der Waals surface area contributed by atoms with Crippen molar-refractivity contribution >= 4 is 24.4 Å². The molecule has 0 aromatic rings. The Kier molecular flexibility index (Phi) is 17.2. The molecule has 0 fully saturated rings. The third-order valence-electron chi connectivity index (χ3n) is 4.74. The van der Waals surface area contributed by atoms with Crippen molar-refractivity contribution in [1.29, 1.82) is 0 Å². The number of hydrogen-bond acceptors (Lipinski definition) is 5. The van der Waals surface area contributed by atoms with Crippen LogP contribution in [-0.2, 0) is 9.59 Å². The molecule has 0 radical (unpaired) electrons. The first kappa shape index (κ1) is 26.9. The predicted molar refractivity (Wildman–Crippen MR) is 119 cm³/mol. The van der Waals surface area contributed by atoms with E-state index in [2.05, 4.69) is 25.6 Å². The Morgan fingerprint density at radius 3 is 2.29 bits per heavy atom. The molecule has 6 heteroatoms. The number of hydrogen-bond donors (Lipinski definition) is 4. The Hall–Kier alpha value is -1.11. The van der Waals surface area contributed by atoms with E-state index in [4.69, 9.17) is 10.8 Å². The molecule has 0 bridgehead atoms. The van der Waals surface area contributed by atoms with Gasteiger partial charge in [0.05, 0.1) is 18.1 Å². The molecule has 0 aromatic heterocycles. The Morgan fingerprint density at radius 2 is 1.68 bits per heavy atom. The zero-order valence-electron chi connectivity index (χ0n) is 17.3. The number of rotatable bonds is 18. The lowest BCUT2D eigenvalue weighted by Crippen LogP contribution is -2.41. The molecule has 0 amide bonds. The molecule has 0 aliphatic heterocycles. The summed E-state index contributed by atoms with van der Waals surface area (Å²) in [4.78, 5) is 23.0. The van der Waals surface area contributed by atoms with Crippen LogP contribution in [-0.4, -0.2) is 39.9 Å². The minimum Gasteiger partial charge on any atom is -0.481 e. The second kappa shape index (κ2) is 18.0. The number of carbonyl (C=O) groups excluding carboxylic acids is 1. The molecule has 0 saturated carbocycles. The van der Waals surface area contributed by atoms with Crippen LogP contribution in [0.5, 0.6) is 0 Å². The summed E-state index contributed by atoms with van der Waals surface area (Å²) in [6.07, 6.45) is 16.9. The monoisotopic (exact) mass is 413 g/mol. The van der Waals surface area contributed by atoms with Crippen LogP contribution >= 0.6 is 12.6 Å². The van der Waals surface area contributed by atoms with Gasteiger partial charge in [-0.15, -0.1) is 0 Å². The van der Waals surface area contributed by atoms with E-state index in [0.717, 1.165) is 12.8 Å². The minimum absolute atomic E-state index is 0.0291. The summed E-state index contributed by atoms with van der Waals surface area (Å²) in [5, 5.41) is 19.0. The highest BCUT2D eigenvalue weighted by molar-refractivity contribution is 7.80. The van der Waals surface area contributed by atoms with Crippen LogP contribution in [0.3, 0.4) is 0 Å². The summed E-state index contributed by atoms with van der Waals surface area (Å²) in [6.45, 7) is 2.22. The van der Waals surface area contributed by atoms with Gasteiger partial charge in [-0.2, -0.15) is 12.6 Å². The van der Waals surface area contributed by atoms with Crippen LogP contribution in [0.25, 0.3) is 0 Å². The van der Waals surface area contributed by atoms with Crippen molar-refractivity contribution in [2.24, 2.45) is 11.7 Å². The lowest BCUT2D eigenvalue weighted by molar-refractivity contribution is -0.137. The first-order valence-electron chi connectivity index (χ1n) is 10.6. The van der Waals surface area contributed by atoms with Gasteiger partial charge in [0.1, 0.15) is 0 Å². The summed E-state index contributed by atoms with van der Waals surface area (Å²) in [5.74, 6) is -1.71. The molecule has 0 saturated heterocycles. The van der Waals surface area contributed by atoms with Crippen molar-refractivity contribution in [2.75, 3.05) is 5.75 Å². The van der Waals surface area contributed by atoms with E-state index in [9.17, 15) is 14.7 Å². The average molecular weight is 414 g/mol. The number of carbonyl (C=O) groups is 2. The highest BCUT2D eigenvalue weighted by Gasteiger charge is 2.27. The van der Waals surface area contributed by atoms with Gasteiger partial charge in [-0.25, -0.2) is 0 Å². The number of aliphatic carboxylic acids is 1. The number of carboxylic acids is 1. The summed E-state index contributed by atoms with van der Waals surface area (Å²) < 4.78 is 0. The fourth-order valence-electron chi connectivity index (χ4n) is 2.97. The molecule has 5 nitrogen and oxygen atoms in total. The van der Waals surface area contributed by atoms with Crippen LogP contribution in [0, 0.1) is 5.92 Å². The van der Waals surface area contributed by atoms with Crippen molar-refractivity contribution in [3.63, 3.8) is 0 Å². The van der Waals surface area contributed by atoms with Gasteiger partial charge in [0, 0.05) is 12.2 Å². The number of aliphatic hydroxyl groups is 1. The number of carboxylic acid groups (broad SMARTS) is 1. The Morgan fingerprint density at radius 1 is 1.04 bits per heavy atom. The molecule has 3 atom stereocenters. The fourth-order valence-corrected chi connectivity index (χ4v) is 3.15. The van der Waals surface area contributed by atoms with Crippen LogP contribution < -0.4 is 5.73 Å². The predicted octanol–water partition coefficient (Wildman–Crippen LogP) is 4.30. The zero-order valence-corrected chi connectivity index (χ0v) is 18.2. The third-order valence-corrected chi connectivity index (χ3v) is 5.13. The number of thiol groups is 1. The molecular formula is C22H39NO4S. The lowest BCUT2D eigenvalue weighted by Gasteiger charge is -2.21. The van der Waals surface area contributed by atoms with Gasteiger partial charge in [0.15, 0.2) is 5.78 Å². The van der Waals surface area contributed by atoms with E-state index >= 15 is 0 Å². The summed E-state index contributed by atoms with van der Waals surface area (Å²) in [6, 6.07) is -0.746. The summed E-state index contributed by atoms with van der Waals surface area (Å²) >= 11 is 4.06. The number of nitrogens with two attached hydrogens (primary N) is 1. The third kappa shape index (κ3) is 14.0. The van der Waals surface area contributed by atoms with Gasteiger partial charge in [0.25, 0.3) is 0 Å². The highest BCUT2D eigenvalue weighted by Crippen LogP contribution is 2.16. The average Bonchev–Trinajstić information content (AvgIpc) is 2.67. The Labute approximate surface area is 175 Å². The van der Waals surface area contributed by atoms with Gasteiger partial charge in [0.2, 0.25) is 0 Å². The van der Waals surface area contributed by atoms with E-state index in [0.29, 0.717) is 6.42 Å². The van der Waals surface area contributed by atoms with Gasteiger partial charge in [-0.1, -0.05) is 69.8 Å². The smallest absolute Gasteiger partial charge is 0.303 e. The Balaban J connectivity index is 4.40. The molecule has 2 unspecified atom stereocenters. The number of aliphatic hydroxyl groups excluding tert-OH is 1. The maximum absolute atomic E-state index is 12.4. The van der Waals surface area contributed by atoms with Crippen molar-refractivity contribution in [3.05, 3.63) is 24.3 Å². The fraction of sp³-hybridized carbons (Fsp3) is 0.727. The van der Waals surface area contributed by atoms with E-state index < -0.39 is 24.0 Å². The van der Waals surface area contributed by atoms with Gasteiger partial charge >= 0.3 is 5.97 Å². The molecule has 0 aromatic carbocycles. The molecule has 0 heterocycles. The first-order chi connectivity index (χ1) is 13.4. The molecule has 0 rings (SSSR count). The topological polar surface area (TPSA) is 101 Å². The SMILES string of the molecule is CCCCCCCCCC=CC=CC(C(=O)[C@H](N)CS)C(O)CCCC(=O)O. The van der Waals surface area contributed by atoms with Crippen LogP contribution in [0.4, 0.5) is 0 Å². The highest BCUT2D eigenvalue weighted by atomic mass is 32.1. The van der Waals surface area contributed by atoms with Crippen molar-refractivity contribution < 1.29 is 19.8 Å². The van der Waals surface area contributed by atoms with Crippen LogP contribution in [0.2, 0.25) is 0 Å². The molecule has 28 heavy (non-hydrogen) atoms. The standard InChI is InChI=1S/C22H39NO4S/c1-2-3-4-5-6-7-8-9-10-11-12-14-18(22(27)19(23)17-28)20(24)15-13-16-21(25)26/h10-12,14,18-20,24,28H,2-9,13,15-17,23H2,1H3,(H,25,26)/t18?,19-,20?/m1/s1. The normalized spacial score (nSPS) is 15.1. The first-order valence-corrected chi connectivity index (χ1v) is 11.2. The number of Topliss-reactive ketones (excluding diaryl/α,β-unsaturated/α-hetero) is 1. The minimum atomic E-state index is -0.939. The largest absolute Gasteiger partial charge is 0.481 e. The number of ketones is 1. The second-order valence-corrected chi connectivity index (χ2v) is 7.66. The number of allylic oxidation sites excluding steroid dienone is 3. The van der Waals surface area contributed by atoms with Crippen LogP contribution in [0.15, 0.2) is 24.3 Å². The van der Waals surface area contributed by atoms with Gasteiger partial charge in [-0.05, 0) is 25.7 Å². The second-order valence-electron chi connectivity index (χ2n) is 7.29. The summed E-state index contributed by atoms with van der Waals surface area (Å²) in [7, 11) is 0. The van der Waals surface area contributed by atoms with Crippen molar-refractivity contribution in [2.45, 2.75) is 89.7 Å². The molecular weight excluding hydrogens is 374 g/mol. The van der Waals surface area contributed by atoms with Gasteiger partial charge < -0.3 is 15.9 Å². The lowest BCUT2D eigenvalue weighted by atomic mass is 9.90. The van der Waals surface area contributed by atoms with E-state index in [-0.39, 0.29) is 24.4 Å². The molecule has 162 valence electrons. The van der Waals surface area contributed by atoms with Crippen LogP contribution in [0.1, 0.15) is 77.6 Å². The molecule has 0 aliphatic carbocycles. The van der Waals surface area contributed by atoms with E-state index in [1.807, 2.05) is 6.08 Å². The van der Waals surface area contributed by atoms with Crippen molar-refractivity contribution in [3.8, 4) is 0 Å². The van der Waals surface area contributed by atoms with Crippen molar-refractivity contribution in [1.82, 2.24) is 0 Å². The quantitative estimate of drug-likeness (QED) is 0.152. The molecule has 4 N–H and O–H groups in total. The van der Waals surface area contributed by atoms with E-state index in [1.54, 1.807) is 12.2 Å².